The molecule has 0 aliphatic carbocycles. The van der Waals surface area contributed by atoms with Gasteiger partial charge in [0.2, 0.25) is 0 Å². The quantitative estimate of drug-likeness (QED) is 0.682. The number of hydrogen-bond donors (Lipinski definition) is 2. The number of fused-ring (bicyclic) bond motifs is 1. The molecule has 2 aromatic carbocycles. The summed E-state index contributed by atoms with van der Waals surface area (Å²) in [5.74, 6) is 1.18. The van der Waals surface area contributed by atoms with Gasteiger partial charge >= 0.3 is 0 Å². The van der Waals surface area contributed by atoms with E-state index in [1.165, 1.54) is 12.1 Å². The van der Waals surface area contributed by atoms with Crippen LogP contribution in [0.15, 0.2) is 65.7 Å². The zero-order chi connectivity index (χ0) is 19.6. The van der Waals surface area contributed by atoms with Gasteiger partial charge in [-0.05, 0) is 48.9 Å². The van der Waals surface area contributed by atoms with Crippen LogP contribution in [0.25, 0.3) is 0 Å². The fraction of sp³-hybridized carbons (Fsp3) is 0.150. The molecule has 1 aromatic heterocycles. The van der Waals surface area contributed by atoms with Crippen LogP contribution in [0.2, 0.25) is 0 Å². The fourth-order valence-electron chi connectivity index (χ4n) is 2.81. The van der Waals surface area contributed by atoms with Crippen LogP contribution in [0.3, 0.4) is 0 Å². The minimum atomic E-state index is -3.79. The topological polar surface area (TPSA) is 89.5 Å². The summed E-state index contributed by atoms with van der Waals surface area (Å²) in [4.78, 5) is 4.27. The third-order valence-corrected chi connectivity index (χ3v) is 5.49. The Bertz CT molecular complexity index is 1100. The van der Waals surface area contributed by atoms with E-state index in [0.29, 0.717) is 24.7 Å². The summed E-state index contributed by atoms with van der Waals surface area (Å²) in [6.45, 7) is 2.85. The molecule has 0 amide bonds. The summed E-state index contributed by atoms with van der Waals surface area (Å²) >= 11 is 0. The second-order valence-electron chi connectivity index (χ2n) is 6.34. The molecule has 0 saturated heterocycles. The average molecular weight is 397 g/mol. The van der Waals surface area contributed by atoms with Crippen LogP contribution in [0.4, 0.5) is 17.2 Å². The first-order valence-corrected chi connectivity index (χ1v) is 10.2. The summed E-state index contributed by atoms with van der Waals surface area (Å²) in [5.41, 5.74) is 2.83. The van der Waals surface area contributed by atoms with Gasteiger partial charge in [-0.25, -0.2) is 13.4 Å². The molecule has 8 heteroatoms. The van der Waals surface area contributed by atoms with Crippen LogP contribution in [-0.2, 0) is 10.0 Å². The Labute approximate surface area is 163 Å². The standard InChI is InChI=1S/C20H19N3O4S/c1-14-3-2-4-15(11-14)22-16-5-8-20(21-13-16)23-28(24,25)17-6-7-18-19(12-17)27-10-9-26-18/h2-8,11-13,22H,9-10H2,1H3,(H,21,23). The first-order chi connectivity index (χ1) is 13.5. The highest BCUT2D eigenvalue weighted by molar-refractivity contribution is 7.92. The van der Waals surface area contributed by atoms with Crippen molar-refractivity contribution in [1.82, 2.24) is 4.98 Å². The smallest absolute Gasteiger partial charge is 0.263 e. The van der Waals surface area contributed by atoms with E-state index in [0.717, 1.165) is 16.9 Å². The van der Waals surface area contributed by atoms with Gasteiger partial charge in [-0.3, -0.25) is 4.72 Å². The average Bonchev–Trinajstić information content (AvgIpc) is 2.69. The summed E-state index contributed by atoms with van der Waals surface area (Å²) in [7, 11) is -3.79. The van der Waals surface area contributed by atoms with Gasteiger partial charge < -0.3 is 14.8 Å². The summed E-state index contributed by atoms with van der Waals surface area (Å²) in [6.07, 6.45) is 1.57. The van der Waals surface area contributed by atoms with Crippen molar-refractivity contribution in [3.05, 3.63) is 66.4 Å². The third-order valence-electron chi connectivity index (χ3n) is 4.13. The molecular weight excluding hydrogens is 378 g/mol. The molecule has 144 valence electrons. The van der Waals surface area contributed by atoms with E-state index in [1.54, 1.807) is 24.4 Å². The van der Waals surface area contributed by atoms with E-state index in [-0.39, 0.29) is 10.7 Å². The maximum atomic E-state index is 12.6. The molecule has 4 rings (SSSR count). The number of aryl methyl sites for hydroxylation is 1. The van der Waals surface area contributed by atoms with Crippen LogP contribution in [-0.4, -0.2) is 26.6 Å². The van der Waals surface area contributed by atoms with Gasteiger partial charge in [0, 0.05) is 11.8 Å². The van der Waals surface area contributed by atoms with Crippen molar-refractivity contribution in [3.8, 4) is 11.5 Å². The Kier molecular flexibility index (Phi) is 4.79. The van der Waals surface area contributed by atoms with E-state index >= 15 is 0 Å². The molecule has 2 N–H and O–H groups in total. The number of nitrogens with zero attached hydrogens (tertiary/aromatic N) is 1. The lowest BCUT2D eigenvalue weighted by Gasteiger charge is -2.19. The molecule has 3 aromatic rings. The van der Waals surface area contributed by atoms with E-state index in [2.05, 4.69) is 15.0 Å². The van der Waals surface area contributed by atoms with Gasteiger partial charge in [0.15, 0.2) is 11.5 Å². The summed E-state index contributed by atoms with van der Waals surface area (Å²) in [6, 6.07) is 15.8. The van der Waals surface area contributed by atoms with E-state index in [9.17, 15) is 8.42 Å². The molecule has 28 heavy (non-hydrogen) atoms. The SMILES string of the molecule is Cc1cccc(Nc2ccc(NS(=O)(=O)c3ccc4c(c3)OCCO4)nc2)c1. The van der Waals surface area contributed by atoms with Crippen LogP contribution in [0.5, 0.6) is 11.5 Å². The van der Waals surface area contributed by atoms with Crippen molar-refractivity contribution < 1.29 is 17.9 Å². The number of nitrogens with one attached hydrogen (secondary N) is 2. The minimum Gasteiger partial charge on any atom is -0.486 e. The Morgan fingerprint density at radius 2 is 1.75 bits per heavy atom. The van der Waals surface area contributed by atoms with Crippen molar-refractivity contribution in [2.45, 2.75) is 11.8 Å². The molecule has 7 nitrogen and oxygen atoms in total. The van der Waals surface area contributed by atoms with Crippen molar-refractivity contribution in [3.63, 3.8) is 0 Å². The lowest BCUT2D eigenvalue weighted by Crippen LogP contribution is -2.17. The zero-order valence-electron chi connectivity index (χ0n) is 15.2. The second kappa shape index (κ2) is 7.40. The predicted molar refractivity (Wildman–Crippen MR) is 107 cm³/mol. The van der Waals surface area contributed by atoms with Crippen LogP contribution in [0, 0.1) is 6.92 Å². The van der Waals surface area contributed by atoms with Crippen LogP contribution in [0.1, 0.15) is 5.56 Å². The number of hydrogen-bond acceptors (Lipinski definition) is 6. The molecule has 0 fully saturated rings. The fourth-order valence-corrected chi connectivity index (χ4v) is 3.83. The first kappa shape index (κ1) is 18.1. The molecule has 0 spiro atoms. The third kappa shape index (κ3) is 4.01. The van der Waals surface area contributed by atoms with Gasteiger partial charge in [0.1, 0.15) is 19.0 Å². The van der Waals surface area contributed by atoms with Crippen molar-refractivity contribution in [1.29, 1.82) is 0 Å². The predicted octanol–water partition coefficient (Wildman–Crippen LogP) is 3.71. The Morgan fingerprint density at radius 1 is 0.929 bits per heavy atom. The molecule has 2 heterocycles. The lowest BCUT2D eigenvalue weighted by molar-refractivity contribution is 0.171. The number of sulfonamides is 1. The summed E-state index contributed by atoms with van der Waals surface area (Å²) in [5, 5.41) is 3.23. The highest BCUT2D eigenvalue weighted by Gasteiger charge is 2.19. The number of aromatic nitrogens is 1. The van der Waals surface area contributed by atoms with Gasteiger partial charge in [0.05, 0.1) is 16.8 Å². The zero-order valence-corrected chi connectivity index (χ0v) is 16.0. The van der Waals surface area contributed by atoms with Gasteiger partial charge in [0.25, 0.3) is 10.0 Å². The van der Waals surface area contributed by atoms with Gasteiger partial charge in [-0.15, -0.1) is 0 Å². The molecule has 0 radical (unpaired) electrons. The van der Waals surface area contributed by atoms with E-state index in [4.69, 9.17) is 9.47 Å². The molecule has 0 bridgehead atoms. The number of anilines is 3. The first-order valence-electron chi connectivity index (χ1n) is 8.72. The molecule has 0 atom stereocenters. The highest BCUT2D eigenvalue weighted by Crippen LogP contribution is 2.32. The molecular formula is C20H19N3O4S. The lowest BCUT2D eigenvalue weighted by atomic mass is 10.2. The molecule has 1 aliphatic heterocycles. The van der Waals surface area contributed by atoms with Gasteiger partial charge in [-0.2, -0.15) is 0 Å². The Balaban J connectivity index is 1.49. The van der Waals surface area contributed by atoms with Crippen molar-refractivity contribution in [2.75, 3.05) is 23.3 Å². The maximum Gasteiger partial charge on any atom is 0.263 e. The van der Waals surface area contributed by atoms with Crippen molar-refractivity contribution >= 4 is 27.2 Å². The Morgan fingerprint density at radius 3 is 2.50 bits per heavy atom. The second-order valence-corrected chi connectivity index (χ2v) is 8.02. The number of rotatable bonds is 5. The normalized spacial score (nSPS) is 13.0. The summed E-state index contributed by atoms with van der Waals surface area (Å²) < 4.78 is 38.6. The number of pyridine rings is 1. The largest absolute Gasteiger partial charge is 0.486 e. The highest BCUT2D eigenvalue weighted by atomic mass is 32.2. The van der Waals surface area contributed by atoms with Gasteiger partial charge in [-0.1, -0.05) is 12.1 Å². The van der Waals surface area contributed by atoms with Crippen LogP contribution < -0.4 is 19.5 Å². The molecule has 1 aliphatic rings. The number of ether oxygens (including phenoxy) is 2. The molecule has 0 unspecified atom stereocenters. The molecule has 0 saturated carbocycles. The number of benzene rings is 2. The minimum absolute atomic E-state index is 0.0838. The monoisotopic (exact) mass is 397 g/mol. The Hall–Kier alpha value is -3.26. The van der Waals surface area contributed by atoms with Crippen molar-refractivity contribution in [2.24, 2.45) is 0 Å². The van der Waals surface area contributed by atoms with E-state index < -0.39 is 10.0 Å². The maximum absolute atomic E-state index is 12.6. The van der Waals surface area contributed by atoms with Crippen LogP contribution >= 0.6 is 0 Å². The van der Waals surface area contributed by atoms with E-state index in [1.807, 2.05) is 31.2 Å².